The molecule has 0 aromatic heterocycles. The lowest BCUT2D eigenvalue weighted by molar-refractivity contribution is 0.311. The van der Waals surface area contributed by atoms with Crippen LogP contribution in [-0.2, 0) is 6.54 Å². The molecule has 0 amide bonds. The number of nitrogens with one attached hydrogen (secondary N) is 2. The quantitative estimate of drug-likeness (QED) is 0.591. The van der Waals surface area contributed by atoms with Gasteiger partial charge in [0.05, 0.1) is 6.61 Å². The predicted octanol–water partition coefficient (Wildman–Crippen LogP) is 2.35. The van der Waals surface area contributed by atoms with Crippen molar-refractivity contribution in [2.24, 2.45) is 0 Å². The number of anilines is 4. The van der Waals surface area contributed by atoms with Gasteiger partial charge >= 0.3 is 0 Å². The van der Waals surface area contributed by atoms with Crippen molar-refractivity contribution >= 4 is 22.7 Å². The van der Waals surface area contributed by atoms with E-state index in [1.54, 1.807) is 0 Å². The molecular weight excluding hydrogens is 276 g/mol. The predicted molar refractivity (Wildman–Crippen MR) is 94.5 cm³/mol. The Morgan fingerprint density at radius 3 is 2.32 bits per heavy atom. The molecule has 2 aromatic carbocycles. The average molecular weight is 300 g/mol. The van der Waals surface area contributed by atoms with Gasteiger partial charge in [0.25, 0.3) is 0 Å². The van der Waals surface area contributed by atoms with Crippen LogP contribution in [0.4, 0.5) is 22.7 Å². The first-order chi connectivity index (χ1) is 10.6. The molecule has 0 aliphatic heterocycles. The lowest BCUT2D eigenvalue weighted by Gasteiger charge is -2.14. The summed E-state index contributed by atoms with van der Waals surface area (Å²) in [4.78, 5) is 2.07. The number of nitrogens with two attached hydrogens (primary N) is 1. The van der Waals surface area contributed by atoms with Gasteiger partial charge in [0.2, 0.25) is 0 Å². The van der Waals surface area contributed by atoms with Gasteiger partial charge in [-0.2, -0.15) is 0 Å². The van der Waals surface area contributed by atoms with E-state index in [4.69, 9.17) is 10.8 Å². The van der Waals surface area contributed by atoms with Crippen molar-refractivity contribution in [1.82, 2.24) is 0 Å². The molecule has 0 unspecified atom stereocenters. The van der Waals surface area contributed by atoms with Gasteiger partial charge in [-0.3, -0.25) is 0 Å². The molecule has 5 heteroatoms. The third-order valence-electron chi connectivity index (χ3n) is 3.45. The van der Waals surface area contributed by atoms with E-state index in [1.807, 2.05) is 32.3 Å². The van der Waals surface area contributed by atoms with Crippen LogP contribution in [0.1, 0.15) is 5.56 Å². The normalized spacial score (nSPS) is 10.3. The average Bonchev–Trinajstić information content (AvgIpc) is 2.53. The Hall–Kier alpha value is -2.40. The number of benzene rings is 2. The number of hydrogen-bond acceptors (Lipinski definition) is 5. The highest BCUT2D eigenvalue weighted by Gasteiger charge is 2.02. The highest BCUT2D eigenvalue weighted by atomic mass is 16.3. The second kappa shape index (κ2) is 7.56. The molecule has 0 saturated carbocycles. The van der Waals surface area contributed by atoms with E-state index in [2.05, 4.69) is 39.8 Å². The zero-order valence-electron chi connectivity index (χ0n) is 13.1. The van der Waals surface area contributed by atoms with Crippen LogP contribution in [0.25, 0.3) is 0 Å². The molecule has 0 heterocycles. The molecule has 0 bridgehead atoms. The summed E-state index contributed by atoms with van der Waals surface area (Å²) in [6.07, 6.45) is 0. The van der Waals surface area contributed by atoms with Crippen molar-refractivity contribution < 1.29 is 5.11 Å². The van der Waals surface area contributed by atoms with E-state index in [9.17, 15) is 0 Å². The molecule has 0 atom stereocenters. The van der Waals surface area contributed by atoms with Crippen molar-refractivity contribution in [1.29, 1.82) is 0 Å². The first kappa shape index (κ1) is 16.0. The smallest absolute Gasteiger partial charge is 0.0604 e. The van der Waals surface area contributed by atoms with Gasteiger partial charge in [-0.25, -0.2) is 0 Å². The zero-order chi connectivity index (χ0) is 15.9. The minimum atomic E-state index is 0.107. The highest BCUT2D eigenvalue weighted by molar-refractivity contribution is 5.59. The largest absolute Gasteiger partial charge is 0.398 e. The Morgan fingerprint density at radius 1 is 1.00 bits per heavy atom. The Bertz CT molecular complexity index is 596. The Balaban J connectivity index is 2.01. The van der Waals surface area contributed by atoms with E-state index in [0.29, 0.717) is 13.1 Å². The first-order valence-corrected chi connectivity index (χ1v) is 7.34. The summed E-state index contributed by atoms with van der Waals surface area (Å²) in [6, 6.07) is 14.1. The second-order valence-electron chi connectivity index (χ2n) is 5.36. The standard InChI is InChI=1S/C17H24N4O/c1-21(2)16-6-3-14(4-7-16)20-12-13-11-15(19-9-10-22)5-8-17(13)18/h3-8,11,19-20,22H,9-10,12,18H2,1-2H3. The van der Waals surface area contributed by atoms with Crippen LogP contribution in [0.15, 0.2) is 42.5 Å². The van der Waals surface area contributed by atoms with Crippen LogP contribution in [0.3, 0.4) is 0 Å². The summed E-state index contributed by atoms with van der Waals surface area (Å²) in [7, 11) is 4.04. The fourth-order valence-electron chi connectivity index (χ4n) is 2.14. The number of nitrogens with zero attached hydrogens (tertiary/aromatic N) is 1. The second-order valence-corrected chi connectivity index (χ2v) is 5.36. The first-order valence-electron chi connectivity index (χ1n) is 7.34. The van der Waals surface area contributed by atoms with Crippen LogP contribution in [-0.4, -0.2) is 32.4 Å². The van der Waals surface area contributed by atoms with E-state index < -0.39 is 0 Å². The fraction of sp³-hybridized carbons (Fsp3) is 0.294. The molecule has 0 fully saturated rings. The monoisotopic (exact) mass is 300 g/mol. The van der Waals surface area contributed by atoms with Crippen LogP contribution in [0.5, 0.6) is 0 Å². The SMILES string of the molecule is CN(C)c1ccc(NCc2cc(NCCO)ccc2N)cc1. The Labute approximate surface area is 131 Å². The summed E-state index contributed by atoms with van der Waals surface area (Å²) in [5, 5.41) is 15.4. The third kappa shape index (κ3) is 4.30. The van der Waals surface area contributed by atoms with Crippen molar-refractivity contribution in [3.63, 3.8) is 0 Å². The molecule has 118 valence electrons. The van der Waals surface area contributed by atoms with Gasteiger partial charge in [0.1, 0.15) is 0 Å². The minimum Gasteiger partial charge on any atom is -0.398 e. The number of nitrogen functional groups attached to an aromatic ring is 1. The summed E-state index contributed by atoms with van der Waals surface area (Å²) < 4.78 is 0. The number of hydrogen-bond donors (Lipinski definition) is 4. The van der Waals surface area contributed by atoms with Gasteiger partial charge in [0, 0.05) is 49.9 Å². The lowest BCUT2D eigenvalue weighted by atomic mass is 10.1. The maximum Gasteiger partial charge on any atom is 0.0604 e. The number of rotatable bonds is 7. The number of aliphatic hydroxyl groups is 1. The molecule has 2 aromatic rings. The Morgan fingerprint density at radius 2 is 1.68 bits per heavy atom. The van der Waals surface area contributed by atoms with Crippen molar-refractivity contribution in [3.05, 3.63) is 48.0 Å². The maximum atomic E-state index is 8.86. The Kier molecular flexibility index (Phi) is 5.49. The third-order valence-corrected chi connectivity index (χ3v) is 3.45. The molecule has 0 radical (unpaired) electrons. The van der Waals surface area contributed by atoms with Gasteiger partial charge in [-0.1, -0.05) is 0 Å². The molecule has 0 saturated heterocycles. The topological polar surface area (TPSA) is 73.5 Å². The van der Waals surface area contributed by atoms with Crippen LogP contribution in [0, 0.1) is 0 Å². The zero-order valence-corrected chi connectivity index (χ0v) is 13.1. The van der Waals surface area contributed by atoms with Crippen LogP contribution < -0.4 is 21.3 Å². The molecule has 5 nitrogen and oxygen atoms in total. The number of aliphatic hydroxyl groups excluding tert-OH is 1. The summed E-state index contributed by atoms with van der Waals surface area (Å²) >= 11 is 0. The summed E-state index contributed by atoms with van der Waals surface area (Å²) in [6.45, 7) is 1.29. The van der Waals surface area contributed by atoms with Crippen molar-refractivity contribution in [2.75, 3.05) is 48.5 Å². The van der Waals surface area contributed by atoms with Gasteiger partial charge in [-0.15, -0.1) is 0 Å². The van der Waals surface area contributed by atoms with Crippen LogP contribution in [0.2, 0.25) is 0 Å². The van der Waals surface area contributed by atoms with Crippen molar-refractivity contribution in [3.8, 4) is 0 Å². The van der Waals surface area contributed by atoms with Gasteiger partial charge in [0.15, 0.2) is 0 Å². The summed E-state index contributed by atoms with van der Waals surface area (Å²) in [5.41, 5.74) is 11.0. The molecule has 2 rings (SSSR count). The fourth-order valence-corrected chi connectivity index (χ4v) is 2.14. The molecule has 5 N–H and O–H groups in total. The molecular formula is C17H24N4O. The molecule has 0 aliphatic rings. The van der Waals surface area contributed by atoms with Gasteiger partial charge < -0.3 is 26.4 Å². The van der Waals surface area contributed by atoms with E-state index in [0.717, 1.165) is 22.6 Å². The molecule has 22 heavy (non-hydrogen) atoms. The van der Waals surface area contributed by atoms with Crippen LogP contribution >= 0.6 is 0 Å². The van der Waals surface area contributed by atoms with E-state index in [1.165, 1.54) is 5.69 Å². The minimum absolute atomic E-state index is 0.107. The lowest BCUT2D eigenvalue weighted by Crippen LogP contribution is -2.09. The maximum absolute atomic E-state index is 8.86. The molecule has 0 aliphatic carbocycles. The van der Waals surface area contributed by atoms with Gasteiger partial charge in [-0.05, 0) is 48.0 Å². The summed E-state index contributed by atoms with van der Waals surface area (Å²) in [5.74, 6) is 0. The van der Waals surface area contributed by atoms with E-state index >= 15 is 0 Å². The van der Waals surface area contributed by atoms with E-state index in [-0.39, 0.29) is 6.61 Å². The highest BCUT2D eigenvalue weighted by Crippen LogP contribution is 2.20. The molecule has 0 spiro atoms. The van der Waals surface area contributed by atoms with Crippen molar-refractivity contribution in [2.45, 2.75) is 6.54 Å².